The molecule has 0 amide bonds. The van der Waals surface area contributed by atoms with Gasteiger partial charge in [-0.15, -0.1) is 20.5 Å². The average Bonchev–Trinajstić information content (AvgIpc) is 2.21. The molecule has 0 atom stereocenters. The van der Waals surface area contributed by atoms with Crippen LogP contribution in [0.4, 0.5) is 56.9 Å². The molecule has 0 aliphatic heterocycles. The van der Waals surface area contributed by atoms with E-state index in [2.05, 4.69) is 40.9 Å². The fourth-order valence-electron chi connectivity index (χ4n) is 7.11. The first-order valence-corrected chi connectivity index (χ1v) is 27.6. The first-order valence-electron chi connectivity index (χ1n) is 21.8. The molecule has 0 unspecified atom stereocenters. The smallest absolute Gasteiger partial charge is 0.871 e. The van der Waals surface area contributed by atoms with E-state index >= 15 is 0 Å². The van der Waals surface area contributed by atoms with Gasteiger partial charge < -0.3 is 30.6 Å². The maximum absolute atomic E-state index is 13.3. The van der Waals surface area contributed by atoms with Crippen molar-refractivity contribution in [1.29, 1.82) is 0 Å². The Kier molecular flexibility index (Phi) is 18.0. The largest absolute Gasteiger partial charge is 3.00 e. The van der Waals surface area contributed by atoms with Crippen molar-refractivity contribution in [1.82, 2.24) is 0 Å². The quantitative estimate of drug-likeness (QED) is 0.0231. The van der Waals surface area contributed by atoms with E-state index in [1.165, 1.54) is 48.5 Å². The van der Waals surface area contributed by atoms with E-state index < -0.39 is 133 Å². The number of aryl methyl sites for hydroxylation is 2. The van der Waals surface area contributed by atoms with Crippen molar-refractivity contribution in [3.05, 3.63) is 141 Å². The Morgan fingerprint density at radius 2 is 0.843 bits per heavy atom. The zero-order chi connectivity index (χ0) is 60.6. The van der Waals surface area contributed by atoms with Crippen molar-refractivity contribution in [2.75, 3.05) is 0 Å². The van der Waals surface area contributed by atoms with E-state index in [-0.39, 0.29) is 73.5 Å². The van der Waals surface area contributed by atoms with Gasteiger partial charge >= 0.3 is 17.4 Å². The maximum atomic E-state index is 13.3. The van der Waals surface area contributed by atoms with Gasteiger partial charge in [-0.3, -0.25) is 38.4 Å². The van der Waals surface area contributed by atoms with Crippen LogP contribution in [0.15, 0.2) is 170 Å². The molecular formula is C46H31CrN10O22S4. The number of nitro benzene ring substituents is 2. The summed E-state index contributed by atoms with van der Waals surface area (Å²) in [6, 6.07) is 20.2. The molecule has 0 saturated carbocycles. The molecule has 427 valence electrons. The molecule has 32 nitrogen and oxygen atoms in total. The maximum Gasteiger partial charge on any atom is 3.00 e. The fraction of sp³-hybridized carbons (Fsp3) is 0.0435. The SMILES string of the molecule is Cc1ccc(O)c(N=Nc2ccc3cc(S(=O)(=O)O)c(N=Nc4cc([N+](=O)[O-])cc(S(=O)(=O)O)c4O)c(O)c3c2)c1.Cc1ccc([O-])c(N=Nc2ccc3cc(S(=O)(=O)O)c(N=Nc4cc([N+](=O)[O-])cc(S(=O)(=O)O)c4[O-])c([O-])c3c2)c1.[Cr+3]. The minimum absolute atomic E-state index is 0. The number of fused-ring (bicyclic) bond motifs is 2. The third kappa shape index (κ3) is 14.3. The third-order valence-corrected chi connectivity index (χ3v) is 14.4. The van der Waals surface area contributed by atoms with Crippen molar-refractivity contribution < 1.29 is 110 Å². The summed E-state index contributed by atoms with van der Waals surface area (Å²) in [4.78, 5) is 15.5. The molecule has 37 heteroatoms. The van der Waals surface area contributed by atoms with Gasteiger partial charge in [-0.2, -0.15) is 54.1 Å². The molecule has 0 spiro atoms. The predicted molar refractivity (Wildman–Crippen MR) is 276 cm³/mol. The minimum atomic E-state index is -5.25. The van der Waals surface area contributed by atoms with Crippen LogP contribution < -0.4 is 15.3 Å². The van der Waals surface area contributed by atoms with Crippen LogP contribution in [0.3, 0.4) is 0 Å². The van der Waals surface area contributed by atoms with E-state index in [0.717, 1.165) is 29.3 Å². The van der Waals surface area contributed by atoms with Gasteiger partial charge in [0.05, 0.1) is 43.2 Å². The minimum Gasteiger partial charge on any atom is -0.871 e. The van der Waals surface area contributed by atoms with Gasteiger partial charge in [-0.25, -0.2) is 0 Å². The fourth-order valence-corrected chi connectivity index (χ4v) is 9.64. The molecule has 0 bridgehead atoms. The molecule has 7 N–H and O–H groups in total. The number of azo groups is 4. The van der Waals surface area contributed by atoms with Gasteiger partial charge in [-0.1, -0.05) is 47.6 Å². The molecule has 8 aromatic rings. The number of nitro groups is 2. The number of hydrogen-bond donors (Lipinski definition) is 7. The normalized spacial score (nSPS) is 12.3. The molecule has 0 heterocycles. The van der Waals surface area contributed by atoms with Crippen molar-refractivity contribution in [3.63, 3.8) is 0 Å². The van der Waals surface area contributed by atoms with Gasteiger partial charge in [0, 0.05) is 29.7 Å². The summed E-state index contributed by atoms with van der Waals surface area (Å²) in [5.41, 5.74) is -3.91. The molecule has 0 saturated heterocycles. The van der Waals surface area contributed by atoms with Gasteiger partial charge in [0.25, 0.3) is 51.8 Å². The predicted octanol–water partition coefficient (Wildman–Crippen LogP) is 9.10. The van der Waals surface area contributed by atoms with Crippen molar-refractivity contribution in [3.8, 4) is 34.5 Å². The van der Waals surface area contributed by atoms with Crippen LogP contribution in [0.2, 0.25) is 0 Å². The van der Waals surface area contributed by atoms with Crippen LogP contribution in [0.5, 0.6) is 34.5 Å². The Hall–Kier alpha value is -9.55. The topological polar surface area (TPSA) is 533 Å². The van der Waals surface area contributed by atoms with Crippen LogP contribution in [0.25, 0.3) is 21.5 Å². The van der Waals surface area contributed by atoms with E-state index in [4.69, 9.17) is 0 Å². The molecule has 0 aliphatic carbocycles. The second-order valence-electron chi connectivity index (χ2n) is 16.7. The monoisotopic (exact) mass is 1250 g/mol. The Bertz CT molecular complexity index is 4350. The molecule has 0 aromatic heterocycles. The first-order chi connectivity index (χ1) is 38.1. The number of nitrogens with zero attached hydrogens (tertiary/aromatic N) is 10. The van der Waals surface area contributed by atoms with Crippen LogP contribution in [-0.4, -0.2) is 77.0 Å². The third-order valence-electron chi connectivity index (χ3n) is 11.0. The molecular weight excluding hydrogens is 1220 g/mol. The number of benzene rings is 8. The average molecular weight is 1260 g/mol. The second kappa shape index (κ2) is 23.9. The van der Waals surface area contributed by atoms with Crippen LogP contribution >= 0.6 is 0 Å². The Balaban J connectivity index is 0.000000263. The van der Waals surface area contributed by atoms with Gasteiger partial charge in [0.1, 0.15) is 37.5 Å². The molecule has 83 heavy (non-hydrogen) atoms. The van der Waals surface area contributed by atoms with E-state index in [1.54, 1.807) is 32.0 Å². The van der Waals surface area contributed by atoms with Crippen LogP contribution in [0.1, 0.15) is 11.1 Å². The summed E-state index contributed by atoms with van der Waals surface area (Å²) in [6.07, 6.45) is 0. The summed E-state index contributed by atoms with van der Waals surface area (Å²) in [6.45, 7) is 3.50. The van der Waals surface area contributed by atoms with Gasteiger partial charge in [-0.05, 0) is 95.7 Å². The Labute approximate surface area is 475 Å². The van der Waals surface area contributed by atoms with Crippen molar-refractivity contribution >= 4 is 119 Å². The Morgan fingerprint density at radius 1 is 0.410 bits per heavy atom. The van der Waals surface area contributed by atoms with Crippen molar-refractivity contribution in [2.24, 2.45) is 40.9 Å². The van der Waals surface area contributed by atoms with Gasteiger partial charge in [0.15, 0.2) is 11.5 Å². The molecule has 0 aliphatic rings. The number of phenols is 3. The van der Waals surface area contributed by atoms with Crippen molar-refractivity contribution in [2.45, 2.75) is 33.4 Å². The summed E-state index contributed by atoms with van der Waals surface area (Å²) < 4.78 is 132. The van der Waals surface area contributed by atoms with Crippen LogP contribution in [-0.2, 0) is 57.8 Å². The number of hydrogen-bond acceptors (Lipinski definition) is 26. The van der Waals surface area contributed by atoms with Gasteiger partial charge in [0.2, 0.25) is 0 Å². The van der Waals surface area contributed by atoms with E-state index in [1.807, 2.05) is 0 Å². The summed E-state index contributed by atoms with van der Waals surface area (Å²) in [5.74, 6) is -5.39. The number of phenolic OH excluding ortho intramolecular Hbond substituents is 3. The number of aromatic hydroxyl groups is 3. The number of rotatable bonds is 14. The zero-order valence-electron chi connectivity index (χ0n) is 41.2. The molecule has 1 radical (unpaired) electrons. The summed E-state index contributed by atoms with van der Waals surface area (Å²) in [7, 11) is -20.6. The zero-order valence-corrected chi connectivity index (χ0v) is 45.7. The second-order valence-corrected chi connectivity index (χ2v) is 22.3. The number of non-ortho nitro benzene ring substituents is 2. The molecule has 8 aromatic carbocycles. The standard InChI is InChI=1S/2C23H17N5O11S2.Cr/c2*1-11-2-5-18(29)16(6-11)25-24-13-4-3-12-7-19(40(34,35)36)21(22(30)15(12)8-13)27-26-17-9-14(28(32)33)10-20(23(17)31)41(37,38)39;/h2*2-10,29-31H,1H3,(H,34,35,36)(H,37,38,39);/q;;+3/p-3. The summed E-state index contributed by atoms with van der Waals surface area (Å²) >= 11 is 0. The first kappa shape index (κ1) is 62.6. The molecule has 0 fully saturated rings. The van der Waals surface area contributed by atoms with E-state index in [9.17, 15) is 103 Å². The van der Waals surface area contributed by atoms with Crippen LogP contribution in [0, 0.1) is 34.1 Å². The molecule has 8 rings (SSSR count). The Morgan fingerprint density at radius 3 is 1.39 bits per heavy atom. The van der Waals surface area contributed by atoms with E-state index in [0.29, 0.717) is 18.2 Å². The summed E-state index contributed by atoms with van der Waals surface area (Å²) in [5, 5.41) is 120.